The molecule has 0 saturated heterocycles. The highest BCUT2D eigenvalue weighted by Crippen LogP contribution is 2.36. The van der Waals surface area contributed by atoms with Crippen molar-refractivity contribution in [1.82, 2.24) is 20.1 Å². The van der Waals surface area contributed by atoms with Gasteiger partial charge in [0, 0.05) is 36.4 Å². The Hall–Kier alpha value is -4.08. The van der Waals surface area contributed by atoms with Gasteiger partial charge in [-0.15, -0.1) is 11.3 Å². The molecule has 1 amide bonds. The number of nitrogens with one attached hydrogen (secondary N) is 2. The fraction of sp³-hybridized carbons (Fsp3) is 0.0400. The minimum Gasteiger partial charge on any atom is -0.456 e. The number of ether oxygens (including phenoxy) is 1. The molecule has 2 aromatic carbocycles. The Morgan fingerprint density at radius 3 is 2.62 bits per heavy atom. The topological polar surface area (TPSA) is 81.1 Å². The lowest BCUT2D eigenvalue weighted by molar-refractivity contribution is -0.119. The molecule has 2 N–H and O–H groups in total. The Bertz CT molecular complexity index is 1430. The Morgan fingerprint density at radius 1 is 1.03 bits per heavy atom. The van der Waals surface area contributed by atoms with Gasteiger partial charge in [-0.05, 0) is 48.1 Å². The van der Waals surface area contributed by atoms with Crippen LogP contribution in [-0.4, -0.2) is 25.8 Å². The van der Waals surface area contributed by atoms with Crippen LogP contribution in [0.15, 0.2) is 91.4 Å². The quantitative estimate of drug-likeness (QED) is 0.317. The zero-order chi connectivity index (χ0) is 23.3. The van der Waals surface area contributed by atoms with Gasteiger partial charge in [-0.1, -0.05) is 30.3 Å². The number of hydrogen-bond donors (Lipinski definition) is 2. The third kappa shape index (κ3) is 5.11. The molecule has 0 aliphatic carbocycles. The monoisotopic (exact) mass is 485 g/mol. The first-order valence-electron chi connectivity index (χ1n) is 10.5. The van der Waals surface area contributed by atoms with E-state index < -0.39 is 0 Å². The Kier molecular flexibility index (Phi) is 6.28. The number of hydrogen-bond acceptors (Lipinski definition) is 6. The molecule has 34 heavy (non-hydrogen) atoms. The number of benzene rings is 2. The number of rotatable bonds is 6. The molecular weight excluding hydrogens is 466 g/mol. The van der Waals surface area contributed by atoms with Crippen molar-refractivity contribution >= 4 is 50.5 Å². The van der Waals surface area contributed by atoms with Crippen LogP contribution in [-0.2, 0) is 11.2 Å². The van der Waals surface area contributed by atoms with E-state index in [9.17, 15) is 4.79 Å². The van der Waals surface area contributed by atoms with Crippen LogP contribution in [0.1, 0.15) is 5.56 Å². The highest BCUT2D eigenvalue weighted by Gasteiger charge is 2.11. The van der Waals surface area contributed by atoms with Gasteiger partial charge < -0.3 is 15.4 Å². The fourth-order valence-corrected chi connectivity index (χ4v) is 4.58. The van der Waals surface area contributed by atoms with Gasteiger partial charge in [-0.3, -0.25) is 9.78 Å². The second kappa shape index (κ2) is 9.82. The van der Waals surface area contributed by atoms with Gasteiger partial charge in [0.1, 0.15) is 16.5 Å². The number of fused-ring (bicyclic) bond motifs is 1. The van der Waals surface area contributed by atoms with Crippen molar-refractivity contribution in [3.8, 4) is 16.5 Å². The molecule has 5 rings (SSSR count). The Balaban J connectivity index is 1.22. The number of carbonyl (C=O) groups excluding carboxylic acids is 1. The Labute approximate surface area is 205 Å². The number of thiophene rings is 1. The van der Waals surface area contributed by atoms with Crippen LogP contribution in [0.5, 0.6) is 11.5 Å². The summed E-state index contributed by atoms with van der Waals surface area (Å²) in [6.45, 7) is 0. The number of anilines is 1. The molecule has 0 fully saturated rings. The van der Waals surface area contributed by atoms with E-state index in [4.69, 9.17) is 17.0 Å². The molecule has 7 nitrogen and oxygen atoms in total. The van der Waals surface area contributed by atoms with Crippen LogP contribution in [0, 0.1) is 0 Å². The van der Waals surface area contributed by atoms with Gasteiger partial charge in [-0.25, -0.2) is 4.68 Å². The van der Waals surface area contributed by atoms with Crippen molar-refractivity contribution < 1.29 is 9.53 Å². The molecule has 9 heteroatoms. The maximum Gasteiger partial charge on any atom is 0.230 e. The van der Waals surface area contributed by atoms with Crippen molar-refractivity contribution in [3.63, 3.8) is 0 Å². The standard InChI is InChI=1S/C25H19N5O2S2/c31-22(15-17-5-2-1-3-6-17)29-25(33)28-18-7-9-19(10-8-18)32-21-11-13-26-20-16-23(34-24(20)21)30-14-4-12-27-30/h1-14,16H,15H2,(H2,28,29,31,33). The van der Waals surface area contributed by atoms with Crippen LogP contribution < -0.4 is 15.4 Å². The zero-order valence-corrected chi connectivity index (χ0v) is 19.5. The van der Waals surface area contributed by atoms with Gasteiger partial charge in [0.05, 0.1) is 16.6 Å². The van der Waals surface area contributed by atoms with Crippen molar-refractivity contribution in [3.05, 3.63) is 97.0 Å². The predicted octanol–water partition coefficient (Wildman–Crippen LogP) is 5.33. The minimum absolute atomic E-state index is 0.171. The molecule has 3 heterocycles. The first-order chi connectivity index (χ1) is 16.6. The molecule has 0 saturated carbocycles. The molecule has 0 unspecified atom stereocenters. The number of pyridine rings is 1. The van der Waals surface area contributed by atoms with Crippen LogP contribution in [0.2, 0.25) is 0 Å². The second-order valence-corrected chi connectivity index (χ2v) is 8.79. The summed E-state index contributed by atoms with van der Waals surface area (Å²) in [6, 6.07) is 22.6. The third-order valence-corrected chi connectivity index (χ3v) is 6.23. The van der Waals surface area contributed by atoms with E-state index in [1.54, 1.807) is 28.4 Å². The van der Waals surface area contributed by atoms with E-state index in [2.05, 4.69) is 20.7 Å². The summed E-state index contributed by atoms with van der Waals surface area (Å²) in [4.78, 5) is 16.6. The first kappa shape index (κ1) is 21.7. The van der Waals surface area contributed by atoms with Gasteiger partial charge >= 0.3 is 0 Å². The van der Waals surface area contributed by atoms with Crippen molar-refractivity contribution in [2.24, 2.45) is 0 Å². The van der Waals surface area contributed by atoms with Crippen LogP contribution in [0.25, 0.3) is 15.2 Å². The van der Waals surface area contributed by atoms with Crippen LogP contribution in [0.3, 0.4) is 0 Å². The predicted molar refractivity (Wildman–Crippen MR) is 138 cm³/mol. The summed E-state index contributed by atoms with van der Waals surface area (Å²) in [5, 5.41) is 11.2. The summed E-state index contributed by atoms with van der Waals surface area (Å²) in [6.07, 6.45) is 5.63. The molecule has 0 bridgehead atoms. The van der Waals surface area contributed by atoms with Gasteiger partial charge in [0.25, 0.3) is 0 Å². The number of thiocarbonyl (C=S) groups is 1. The largest absolute Gasteiger partial charge is 0.456 e. The molecule has 0 aliphatic rings. The second-order valence-electron chi connectivity index (χ2n) is 7.35. The van der Waals surface area contributed by atoms with Crippen LogP contribution in [0.4, 0.5) is 5.69 Å². The van der Waals surface area contributed by atoms with E-state index in [1.807, 2.05) is 79.0 Å². The van der Waals surface area contributed by atoms with E-state index in [1.165, 1.54) is 0 Å². The van der Waals surface area contributed by atoms with Crippen molar-refractivity contribution in [2.45, 2.75) is 6.42 Å². The average Bonchev–Trinajstić information content (AvgIpc) is 3.51. The average molecular weight is 486 g/mol. The molecule has 5 aromatic rings. The lowest BCUT2D eigenvalue weighted by Crippen LogP contribution is -2.35. The summed E-state index contributed by atoms with van der Waals surface area (Å²) < 4.78 is 8.87. The first-order valence-corrected chi connectivity index (χ1v) is 11.7. The summed E-state index contributed by atoms with van der Waals surface area (Å²) >= 11 is 6.83. The maximum absolute atomic E-state index is 12.2. The molecular formula is C25H19N5O2S2. The summed E-state index contributed by atoms with van der Waals surface area (Å²) in [5.74, 6) is 1.22. The van der Waals surface area contributed by atoms with E-state index in [-0.39, 0.29) is 17.4 Å². The van der Waals surface area contributed by atoms with Gasteiger partial charge in [-0.2, -0.15) is 5.10 Å². The molecule has 3 aromatic heterocycles. The lowest BCUT2D eigenvalue weighted by atomic mass is 10.1. The van der Waals surface area contributed by atoms with E-state index in [0.29, 0.717) is 5.75 Å². The fourth-order valence-electron chi connectivity index (χ4n) is 3.34. The third-order valence-electron chi connectivity index (χ3n) is 4.89. The normalized spacial score (nSPS) is 10.7. The number of carbonyl (C=O) groups is 1. The highest BCUT2D eigenvalue weighted by molar-refractivity contribution is 7.80. The highest BCUT2D eigenvalue weighted by atomic mass is 32.1. The van der Waals surface area contributed by atoms with Gasteiger partial charge in [0.15, 0.2) is 5.11 Å². The maximum atomic E-state index is 12.2. The molecule has 168 valence electrons. The molecule has 0 radical (unpaired) electrons. The minimum atomic E-state index is -0.171. The molecule has 0 spiro atoms. The molecule has 0 aliphatic heterocycles. The smallest absolute Gasteiger partial charge is 0.230 e. The SMILES string of the molecule is O=C(Cc1ccccc1)NC(=S)Nc1ccc(Oc2ccnc3cc(-n4cccn4)sc23)cc1. The van der Waals surface area contributed by atoms with Gasteiger partial charge in [0.2, 0.25) is 5.91 Å². The summed E-state index contributed by atoms with van der Waals surface area (Å²) in [7, 11) is 0. The lowest BCUT2D eigenvalue weighted by Gasteiger charge is -2.11. The number of aromatic nitrogens is 3. The zero-order valence-electron chi connectivity index (χ0n) is 17.8. The van der Waals surface area contributed by atoms with Crippen LogP contribution >= 0.6 is 23.6 Å². The van der Waals surface area contributed by atoms with E-state index in [0.717, 1.165) is 32.2 Å². The van der Waals surface area contributed by atoms with Crippen molar-refractivity contribution in [1.29, 1.82) is 0 Å². The Morgan fingerprint density at radius 2 is 1.85 bits per heavy atom. The number of nitrogens with zero attached hydrogens (tertiary/aromatic N) is 3. The van der Waals surface area contributed by atoms with Crippen molar-refractivity contribution in [2.75, 3.05) is 5.32 Å². The number of amides is 1. The van der Waals surface area contributed by atoms with E-state index >= 15 is 0 Å². The summed E-state index contributed by atoms with van der Waals surface area (Å²) in [5.41, 5.74) is 2.52. The molecule has 0 atom stereocenters.